The molecule has 1 atom stereocenters. The molecule has 1 fully saturated rings. The molecule has 0 spiro atoms. The lowest BCUT2D eigenvalue weighted by molar-refractivity contribution is 0.0697. The molecule has 1 aliphatic rings. The van der Waals surface area contributed by atoms with Gasteiger partial charge in [0, 0.05) is 34.9 Å². The molecule has 156 valence electrons. The molecule has 0 saturated carbocycles. The van der Waals surface area contributed by atoms with Gasteiger partial charge < -0.3 is 24.2 Å². The van der Waals surface area contributed by atoms with Crippen molar-refractivity contribution in [3.63, 3.8) is 0 Å². The number of ether oxygens (including phenoxy) is 3. The van der Waals surface area contributed by atoms with Crippen LogP contribution in [0.3, 0.4) is 0 Å². The van der Waals surface area contributed by atoms with Gasteiger partial charge in [0.2, 0.25) is 0 Å². The monoisotopic (exact) mass is 426 g/mol. The molecule has 0 unspecified atom stereocenters. The van der Waals surface area contributed by atoms with Crippen molar-refractivity contribution in [3.05, 3.63) is 64.6 Å². The lowest BCUT2D eigenvalue weighted by atomic mass is 10.1. The number of rotatable bonds is 8. The molecule has 1 aromatic heterocycles. The molecule has 0 aliphatic carbocycles. The van der Waals surface area contributed by atoms with Crippen LogP contribution in [-0.4, -0.2) is 42.5 Å². The van der Waals surface area contributed by atoms with E-state index in [1.807, 2.05) is 24.4 Å². The number of thiazole rings is 1. The minimum Gasteiger partial charge on any atom is -0.493 e. The maximum Gasteiger partial charge on any atom is 0.335 e. The first-order valence-corrected chi connectivity index (χ1v) is 10.4. The average Bonchev–Trinajstić information content (AvgIpc) is 3.46. The standard InChI is InChI=1S/C22H22N2O5S/c1-27-20-7-6-17(10-21(20)29-18-8-9-28-13-18)24(12-19-11-23-14-30-19)16-4-2-15(3-5-16)22(25)26/h2-7,10-11,14,18H,8-9,12-13H2,1H3,(H,25,26)/t18-/m1/s1. The highest BCUT2D eigenvalue weighted by Gasteiger charge is 2.21. The Bertz CT molecular complexity index is 985. The second-order valence-electron chi connectivity index (χ2n) is 6.84. The van der Waals surface area contributed by atoms with Crippen molar-refractivity contribution >= 4 is 28.7 Å². The van der Waals surface area contributed by atoms with Crippen molar-refractivity contribution in [2.45, 2.75) is 19.1 Å². The normalized spacial score (nSPS) is 15.7. The van der Waals surface area contributed by atoms with E-state index in [0.29, 0.717) is 31.3 Å². The summed E-state index contributed by atoms with van der Waals surface area (Å²) in [6, 6.07) is 12.6. The number of benzene rings is 2. The van der Waals surface area contributed by atoms with Crippen LogP contribution in [0.1, 0.15) is 21.7 Å². The van der Waals surface area contributed by atoms with Crippen LogP contribution in [0.2, 0.25) is 0 Å². The van der Waals surface area contributed by atoms with E-state index in [1.54, 1.807) is 48.2 Å². The van der Waals surface area contributed by atoms with E-state index in [1.165, 1.54) is 0 Å². The van der Waals surface area contributed by atoms with Gasteiger partial charge in [-0.15, -0.1) is 11.3 Å². The molecular formula is C22H22N2O5S. The smallest absolute Gasteiger partial charge is 0.335 e. The summed E-state index contributed by atoms with van der Waals surface area (Å²) in [7, 11) is 1.62. The molecule has 7 nitrogen and oxygen atoms in total. The minimum absolute atomic E-state index is 0.000976. The Kier molecular flexibility index (Phi) is 6.15. The lowest BCUT2D eigenvalue weighted by Gasteiger charge is -2.26. The van der Waals surface area contributed by atoms with Crippen LogP contribution in [0.4, 0.5) is 11.4 Å². The third kappa shape index (κ3) is 4.55. The Labute approximate surface area is 178 Å². The SMILES string of the molecule is COc1ccc(N(Cc2cncs2)c2ccc(C(=O)O)cc2)cc1O[C@@H]1CCOC1. The van der Waals surface area contributed by atoms with E-state index in [2.05, 4.69) is 9.88 Å². The first-order chi connectivity index (χ1) is 14.6. The Morgan fingerprint density at radius 3 is 2.67 bits per heavy atom. The molecule has 0 bridgehead atoms. The molecule has 30 heavy (non-hydrogen) atoms. The van der Waals surface area contributed by atoms with E-state index in [4.69, 9.17) is 14.2 Å². The van der Waals surface area contributed by atoms with Gasteiger partial charge >= 0.3 is 5.97 Å². The Morgan fingerprint density at radius 1 is 1.23 bits per heavy atom. The number of anilines is 2. The van der Waals surface area contributed by atoms with Crippen LogP contribution in [0.5, 0.6) is 11.5 Å². The number of carbonyl (C=O) groups is 1. The number of hydrogen-bond donors (Lipinski definition) is 1. The zero-order valence-corrected chi connectivity index (χ0v) is 17.3. The molecular weight excluding hydrogens is 404 g/mol. The number of methoxy groups -OCH3 is 1. The van der Waals surface area contributed by atoms with Crippen LogP contribution >= 0.6 is 11.3 Å². The van der Waals surface area contributed by atoms with Crippen molar-refractivity contribution < 1.29 is 24.1 Å². The van der Waals surface area contributed by atoms with Crippen molar-refractivity contribution in [1.82, 2.24) is 4.98 Å². The molecule has 2 aromatic carbocycles. The number of carboxylic acid groups (broad SMARTS) is 1. The summed E-state index contributed by atoms with van der Waals surface area (Å²) in [6.45, 7) is 1.85. The van der Waals surface area contributed by atoms with Crippen molar-refractivity contribution in [3.8, 4) is 11.5 Å². The highest BCUT2D eigenvalue weighted by atomic mass is 32.1. The van der Waals surface area contributed by atoms with Crippen LogP contribution in [0, 0.1) is 0 Å². The molecule has 8 heteroatoms. The average molecular weight is 426 g/mol. The summed E-state index contributed by atoms with van der Waals surface area (Å²) in [5.41, 5.74) is 3.82. The van der Waals surface area contributed by atoms with E-state index in [-0.39, 0.29) is 11.7 Å². The van der Waals surface area contributed by atoms with Gasteiger partial charge in [0.25, 0.3) is 0 Å². The number of aromatic nitrogens is 1. The summed E-state index contributed by atoms with van der Waals surface area (Å²) in [5.74, 6) is 0.362. The second-order valence-corrected chi connectivity index (χ2v) is 7.82. The molecule has 0 radical (unpaired) electrons. The Morgan fingerprint density at radius 2 is 2.03 bits per heavy atom. The molecule has 4 rings (SSSR count). The topological polar surface area (TPSA) is 81.1 Å². The predicted octanol–water partition coefficient (Wildman–Crippen LogP) is 4.36. The van der Waals surface area contributed by atoms with Crippen molar-refractivity contribution in [2.24, 2.45) is 0 Å². The number of hydrogen-bond acceptors (Lipinski definition) is 7. The maximum absolute atomic E-state index is 11.2. The van der Waals surface area contributed by atoms with Gasteiger partial charge in [-0.05, 0) is 36.4 Å². The third-order valence-electron chi connectivity index (χ3n) is 4.86. The number of aromatic carboxylic acids is 1. The molecule has 1 N–H and O–H groups in total. The van der Waals surface area contributed by atoms with Gasteiger partial charge in [-0.2, -0.15) is 0 Å². The maximum atomic E-state index is 11.2. The van der Waals surface area contributed by atoms with E-state index in [0.717, 1.165) is 22.7 Å². The molecule has 2 heterocycles. The van der Waals surface area contributed by atoms with Gasteiger partial charge in [0.1, 0.15) is 6.10 Å². The molecule has 3 aromatic rings. The molecule has 1 aliphatic heterocycles. The van der Waals surface area contributed by atoms with E-state index in [9.17, 15) is 9.90 Å². The van der Waals surface area contributed by atoms with Crippen LogP contribution < -0.4 is 14.4 Å². The zero-order valence-electron chi connectivity index (χ0n) is 16.5. The summed E-state index contributed by atoms with van der Waals surface area (Å²) in [5, 5.41) is 9.21. The molecule has 1 saturated heterocycles. The van der Waals surface area contributed by atoms with Crippen LogP contribution in [0.15, 0.2) is 54.2 Å². The third-order valence-corrected chi connectivity index (χ3v) is 5.63. The predicted molar refractivity (Wildman–Crippen MR) is 114 cm³/mol. The Hall–Kier alpha value is -3.10. The van der Waals surface area contributed by atoms with Gasteiger partial charge in [-0.3, -0.25) is 4.98 Å². The minimum atomic E-state index is -0.950. The number of carboxylic acids is 1. The fourth-order valence-electron chi connectivity index (χ4n) is 3.30. The Balaban J connectivity index is 1.69. The highest BCUT2D eigenvalue weighted by molar-refractivity contribution is 7.09. The fourth-order valence-corrected chi connectivity index (χ4v) is 3.88. The van der Waals surface area contributed by atoms with Gasteiger partial charge in [-0.25, -0.2) is 4.79 Å². The fraction of sp³-hybridized carbons (Fsp3) is 0.273. The second kappa shape index (κ2) is 9.15. The largest absolute Gasteiger partial charge is 0.493 e. The van der Waals surface area contributed by atoms with Crippen LogP contribution in [0.25, 0.3) is 0 Å². The summed E-state index contributed by atoms with van der Waals surface area (Å²) < 4.78 is 17.1. The molecule has 0 amide bonds. The first kappa shape index (κ1) is 20.2. The first-order valence-electron chi connectivity index (χ1n) is 9.55. The summed E-state index contributed by atoms with van der Waals surface area (Å²) >= 11 is 1.57. The van der Waals surface area contributed by atoms with Crippen molar-refractivity contribution in [2.75, 3.05) is 25.2 Å². The van der Waals surface area contributed by atoms with Gasteiger partial charge in [-0.1, -0.05) is 0 Å². The summed E-state index contributed by atoms with van der Waals surface area (Å²) in [4.78, 5) is 18.6. The quantitative estimate of drug-likeness (QED) is 0.573. The summed E-state index contributed by atoms with van der Waals surface area (Å²) in [6.07, 6.45) is 2.67. The van der Waals surface area contributed by atoms with Crippen molar-refractivity contribution in [1.29, 1.82) is 0 Å². The van der Waals surface area contributed by atoms with Crippen LogP contribution in [-0.2, 0) is 11.3 Å². The zero-order chi connectivity index (χ0) is 20.9. The van der Waals surface area contributed by atoms with Gasteiger partial charge in [0.15, 0.2) is 11.5 Å². The van der Waals surface area contributed by atoms with E-state index >= 15 is 0 Å². The number of nitrogens with zero attached hydrogens (tertiary/aromatic N) is 2. The highest BCUT2D eigenvalue weighted by Crippen LogP contribution is 2.37. The lowest BCUT2D eigenvalue weighted by Crippen LogP contribution is -2.18. The van der Waals surface area contributed by atoms with E-state index < -0.39 is 5.97 Å². The van der Waals surface area contributed by atoms with Gasteiger partial charge in [0.05, 0.1) is 37.9 Å².